The summed E-state index contributed by atoms with van der Waals surface area (Å²) in [4.78, 5) is 6.39. The standard InChI is InChI=1S/C12H18ClN3.C2H4/c1-16-5-4-14-8-11(9-16)6-10-2-3-15-12(13)7-10;1-2/h2-3,7,11,14H,4-6,8-9H2,1H3;1-2H2. The minimum atomic E-state index is 0.590. The number of hydrogen-bond acceptors (Lipinski definition) is 3. The van der Waals surface area contributed by atoms with E-state index in [1.165, 1.54) is 5.56 Å². The van der Waals surface area contributed by atoms with Crippen LogP contribution in [0.1, 0.15) is 5.56 Å². The van der Waals surface area contributed by atoms with Crippen LogP contribution >= 0.6 is 11.6 Å². The molecule has 1 fully saturated rings. The molecule has 0 aliphatic carbocycles. The van der Waals surface area contributed by atoms with Gasteiger partial charge < -0.3 is 10.2 Å². The van der Waals surface area contributed by atoms with Crippen LogP contribution in [-0.4, -0.2) is 43.1 Å². The number of likely N-dealkylation sites (N-methyl/N-ethyl adjacent to an activating group) is 1. The third kappa shape index (κ3) is 5.17. The molecule has 0 radical (unpaired) electrons. The van der Waals surface area contributed by atoms with Crippen LogP contribution in [0.25, 0.3) is 0 Å². The van der Waals surface area contributed by atoms with Crippen LogP contribution in [0.3, 0.4) is 0 Å². The van der Waals surface area contributed by atoms with Crippen molar-refractivity contribution in [1.82, 2.24) is 15.2 Å². The van der Waals surface area contributed by atoms with E-state index in [0.717, 1.165) is 32.6 Å². The third-order valence-electron chi connectivity index (χ3n) is 2.99. The molecule has 1 N–H and O–H groups in total. The Morgan fingerprint density at radius 1 is 1.56 bits per heavy atom. The van der Waals surface area contributed by atoms with Crippen LogP contribution in [0.2, 0.25) is 5.15 Å². The van der Waals surface area contributed by atoms with Gasteiger partial charge in [0, 0.05) is 25.8 Å². The average Bonchev–Trinajstić information content (AvgIpc) is 2.56. The number of pyridine rings is 1. The number of hydrogen-bond donors (Lipinski definition) is 1. The fourth-order valence-corrected chi connectivity index (χ4v) is 2.41. The van der Waals surface area contributed by atoms with Gasteiger partial charge in [-0.05, 0) is 43.6 Å². The Morgan fingerprint density at radius 3 is 3.06 bits per heavy atom. The van der Waals surface area contributed by atoms with E-state index in [-0.39, 0.29) is 0 Å². The number of halogens is 1. The Balaban J connectivity index is 0.000000771. The lowest BCUT2D eigenvalue weighted by molar-refractivity contribution is 0.309. The molecule has 1 aliphatic rings. The molecule has 1 unspecified atom stereocenters. The predicted molar refractivity (Wildman–Crippen MR) is 78.1 cm³/mol. The van der Waals surface area contributed by atoms with Crippen LogP contribution in [0.4, 0.5) is 0 Å². The van der Waals surface area contributed by atoms with Gasteiger partial charge in [-0.3, -0.25) is 0 Å². The lowest BCUT2D eigenvalue weighted by Crippen LogP contribution is -2.27. The molecule has 0 aromatic carbocycles. The van der Waals surface area contributed by atoms with Crippen molar-refractivity contribution in [3.63, 3.8) is 0 Å². The average molecular weight is 268 g/mol. The van der Waals surface area contributed by atoms with Crippen LogP contribution < -0.4 is 5.32 Å². The van der Waals surface area contributed by atoms with Crippen molar-refractivity contribution in [1.29, 1.82) is 0 Å². The van der Waals surface area contributed by atoms with Gasteiger partial charge in [-0.1, -0.05) is 11.6 Å². The van der Waals surface area contributed by atoms with Crippen LogP contribution in [0, 0.1) is 5.92 Å². The molecule has 0 saturated carbocycles. The number of aromatic nitrogens is 1. The maximum atomic E-state index is 5.89. The van der Waals surface area contributed by atoms with Crippen molar-refractivity contribution in [3.8, 4) is 0 Å². The molecule has 0 amide bonds. The fourth-order valence-electron chi connectivity index (χ4n) is 2.21. The van der Waals surface area contributed by atoms with E-state index in [1.54, 1.807) is 6.20 Å². The first kappa shape index (κ1) is 15.2. The van der Waals surface area contributed by atoms with E-state index in [4.69, 9.17) is 11.6 Å². The van der Waals surface area contributed by atoms with Gasteiger partial charge in [0.15, 0.2) is 0 Å². The highest BCUT2D eigenvalue weighted by Gasteiger charge is 2.15. The summed E-state index contributed by atoms with van der Waals surface area (Å²) in [6, 6.07) is 4.02. The summed E-state index contributed by atoms with van der Waals surface area (Å²) in [6.45, 7) is 10.5. The van der Waals surface area contributed by atoms with Gasteiger partial charge in [0.2, 0.25) is 0 Å². The predicted octanol–water partition coefficient (Wildman–Crippen LogP) is 2.23. The van der Waals surface area contributed by atoms with Gasteiger partial charge in [0.25, 0.3) is 0 Å². The van der Waals surface area contributed by atoms with Gasteiger partial charge >= 0.3 is 0 Å². The highest BCUT2D eigenvalue weighted by Crippen LogP contribution is 2.13. The van der Waals surface area contributed by atoms with Crippen LogP contribution in [-0.2, 0) is 6.42 Å². The van der Waals surface area contributed by atoms with Crippen molar-refractivity contribution in [3.05, 3.63) is 42.2 Å². The van der Waals surface area contributed by atoms with E-state index in [9.17, 15) is 0 Å². The normalized spacial score (nSPS) is 20.7. The molecule has 18 heavy (non-hydrogen) atoms. The van der Waals surface area contributed by atoms with E-state index in [1.807, 2.05) is 6.07 Å². The first-order valence-corrected chi connectivity index (χ1v) is 6.61. The topological polar surface area (TPSA) is 28.2 Å². The van der Waals surface area contributed by atoms with Crippen molar-refractivity contribution in [2.24, 2.45) is 5.92 Å². The number of nitrogens with zero attached hydrogens (tertiary/aromatic N) is 2. The van der Waals surface area contributed by atoms with E-state index >= 15 is 0 Å². The molecule has 3 nitrogen and oxygen atoms in total. The molecular weight excluding hydrogens is 246 g/mol. The van der Waals surface area contributed by atoms with Gasteiger partial charge in [-0.25, -0.2) is 4.98 Å². The second-order valence-corrected chi connectivity index (χ2v) is 4.91. The molecule has 0 bridgehead atoms. The molecule has 1 atom stereocenters. The SMILES string of the molecule is C=C.CN1CCNCC(Cc2ccnc(Cl)c2)C1. The van der Waals surface area contributed by atoms with Gasteiger partial charge in [-0.2, -0.15) is 0 Å². The molecule has 4 heteroatoms. The van der Waals surface area contributed by atoms with E-state index in [0.29, 0.717) is 11.1 Å². The molecule has 1 saturated heterocycles. The quantitative estimate of drug-likeness (QED) is 0.658. The van der Waals surface area contributed by atoms with Crippen molar-refractivity contribution in [2.75, 3.05) is 33.2 Å². The van der Waals surface area contributed by atoms with Gasteiger partial charge in [0.1, 0.15) is 5.15 Å². The maximum absolute atomic E-state index is 5.89. The summed E-state index contributed by atoms with van der Waals surface area (Å²) >= 11 is 5.89. The van der Waals surface area contributed by atoms with Crippen LogP contribution in [0.15, 0.2) is 31.5 Å². The molecule has 1 aromatic heterocycles. The number of rotatable bonds is 2. The Labute approximate surface area is 115 Å². The first-order chi connectivity index (χ1) is 8.74. The Bertz CT molecular complexity index is 357. The Hall–Kier alpha value is -0.900. The number of nitrogens with one attached hydrogen (secondary N) is 1. The molecule has 0 spiro atoms. The Morgan fingerprint density at radius 2 is 2.33 bits per heavy atom. The monoisotopic (exact) mass is 267 g/mol. The summed E-state index contributed by atoms with van der Waals surface area (Å²) in [5.41, 5.74) is 1.28. The highest BCUT2D eigenvalue weighted by molar-refractivity contribution is 6.29. The largest absolute Gasteiger partial charge is 0.315 e. The lowest BCUT2D eigenvalue weighted by Gasteiger charge is -2.19. The summed E-state index contributed by atoms with van der Waals surface area (Å²) in [6.07, 6.45) is 2.85. The molecule has 100 valence electrons. The molecule has 2 rings (SSSR count). The summed E-state index contributed by atoms with van der Waals surface area (Å²) < 4.78 is 0. The molecular formula is C14H22ClN3. The van der Waals surface area contributed by atoms with Crippen molar-refractivity contribution in [2.45, 2.75) is 6.42 Å². The maximum Gasteiger partial charge on any atom is 0.129 e. The minimum Gasteiger partial charge on any atom is -0.315 e. The summed E-state index contributed by atoms with van der Waals surface area (Å²) in [5, 5.41) is 4.06. The van der Waals surface area contributed by atoms with Gasteiger partial charge in [-0.15, -0.1) is 13.2 Å². The second kappa shape index (κ2) is 8.25. The summed E-state index contributed by atoms with van der Waals surface area (Å²) in [5.74, 6) is 0.658. The van der Waals surface area contributed by atoms with Crippen molar-refractivity contribution >= 4 is 11.6 Å². The molecule has 2 heterocycles. The minimum absolute atomic E-state index is 0.590. The zero-order chi connectivity index (χ0) is 13.4. The van der Waals surface area contributed by atoms with Crippen molar-refractivity contribution < 1.29 is 0 Å². The van der Waals surface area contributed by atoms with E-state index in [2.05, 4.69) is 41.5 Å². The highest BCUT2D eigenvalue weighted by atomic mass is 35.5. The van der Waals surface area contributed by atoms with Crippen LogP contribution in [0.5, 0.6) is 0 Å². The lowest BCUT2D eigenvalue weighted by atomic mass is 10.00. The zero-order valence-corrected chi connectivity index (χ0v) is 11.8. The fraction of sp³-hybridized carbons (Fsp3) is 0.500. The second-order valence-electron chi connectivity index (χ2n) is 4.52. The third-order valence-corrected chi connectivity index (χ3v) is 3.20. The Kier molecular flexibility index (Phi) is 6.94. The first-order valence-electron chi connectivity index (χ1n) is 6.24. The molecule has 1 aromatic rings. The summed E-state index contributed by atoms with van der Waals surface area (Å²) in [7, 11) is 2.18. The van der Waals surface area contributed by atoms with Gasteiger partial charge in [0.05, 0.1) is 0 Å². The smallest absolute Gasteiger partial charge is 0.129 e. The molecule has 1 aliphatic heterocycles. The van der Waals surface area contributed by atoms with E-state index < -0.39 is 0 Å². The zero-order valence-electron chi connectivity index (χ0n) is 11.0.